The van der Waals surface area contributed by atoms with Gasteiger partial charge in [-0.1, -0.05) is 42.5 Å². The maximum Gasteiger partial charge on any atom is 0.156 e. The fraction of sp³-hybridized carbons (Fsp3) is 0.100. The molecule has 2 aromatic carbocycles. The SMILES string of the molecule is CCN(c1ccccc1-c1ccccc1C=O)c1ncccc1N. The van der Waals surface area contributed by atoms with Crippen molar-refractivity contribution in [1.82, 2.24) is 4.98 Å². The summed E-state index contributed by atoms with van der Waals surface area (Å²) in [4.78, 5) is 17.9. The lowest BCUT2D eigenvalue weighted by Gasteiger charge is -2.26. The Morgan fingerprint density at radius 1 is 1.00 bits per heavy atom. The second kappa shape index (κ2) is 6.96. The molecular weight excluding hydrogens is 298 g/mol. The van der Waals surface area contributed by atoms with Crippen molar-refractivity contribution in [3.63, 3.8) is 0 Å². The van der Waals surface area contributed by atoms with Crippen LogP contribution in [0.5, 0.6) is 0 Å². The van der Waals surface area contributed by atoms with Crippen LogP contribution < -0.4 is 10.6 Å². The summed E-state index contributed by atoms with van der Waals surface area (Å²) < 4.78 is 0. The summed E-state index contributed by atoms with van der Waals surface area (Å²) in [6.45, 7) is 2.76. The third-order valence-corrected chi connectivity index (χ3v) is 3.96. The van der Waals surface area contributed by atoms with Crippen molar-refractivity contribution < 1.29 is 4.79 Å². The molecule has 24 heavy (non-hydrogen) atoms. The predicted molar refractivity (Wildman–Crippen MR) is 98.6 cm³/mol. The van der Waals surface area contributed by atoms with Gasteiger partial charge in [-0.3, -0.25) is 4.79 Å². The van der Waals surface area contributed by atoms with Gasteiger partial charge in [0.05, 0.1) is 11.4 Å². The van der Waals surface area contributed by atoms with Crippen LogP contribution in [-0.2, 0) is 0 Å². The highest BCUT2D eigenvalue weighted by molar-refractivity contribution is 5.93. The highest BCUT2D eigenvalue weighted by Crippen LogP contribution is 2.37. The molecular formula is C20H19N3O. The summed E-state index contributed by atoms with van der Waals surface area (Å²) in [6.07, 6.45) is 2.62. The largest absolute Gasteiger partial charge is 0.396 e. The van der Waals surface area contributed by atoms with Crippen molar-refractivity contribution in [2.75, 3.05) is 17.2 Å². The molecule has 1 aromatic heterocycles. The highest BCUT2D eigenvalue weighted by Gasteiger charge is 2.17. The third kappa shape index (κ3) is 2.86. The third-order valence-electron chi connectivity index (χ3n) is 3.96. The number of anilines is 3. The molecule has 0 spiro atoms. The number of hydrogen-bond acceptors (Lipinski definition) is 4. The molecule has 3 rings (SSSR count). The fourth-order valence-corrected chi connectivity index (χ4v) is 2.85. The summed E-state index contributed by atoms with van der Waals surface area (Å²) in [7, 11) is 0. The Kier molecular flexibility index (Phi) is 4.57. The van der Waals surface area contributed by atoms with Crippen LogP contribution in [0.3, 0.4) is 0 Å². The Hall–Kier alpha value is -3.14. The molecule has 2 N–H and O–H groups in total. The van der Waals surface area contributed by atoms with Gasteiger partial charge in [0.1, 0.15) is 0 Å². The quantitative estimate of drug-likeness (QED) is 0.713. The molecule has 120 valence electrons. The van der Waals surface area contributed by atoms with Crippen molar-refractivity contribution in [2.24, 2.45) is 0 Å². The molecule has 0 atom stereocenters. The van der Waals surface area contributed by atoms with E-state index in [0.717, 1.165) is 28.9 Å². The summed E-state index contributed by atoms with van der Waals surface area (Å²) in [5.41, 5.74) is 10.3. The summed E-state index contributed by atoms with van der Waals surface area (Å²) >= 11 is 0. The van der Waals surface area contributed by atoms with E-state index in [9.17, 15) is 4.79 Å². The van der Waals surface area contributed by atoms with E-state index in [1.54, 1.807) is 6.20 Å². The zero-order valence-electron chi connectivity index (χ0n) is 13.5. The molecule has 4 nitrogen and oxygen atoms in total. The molecule has 3 aromatic rings. The molecule has 0 saturated heterocycles. The van der Waals surface area contributed by atoms with E-state index in [1.807, 2.05) is 60.7 Å². The zero-order chi connectivity index (χ0) is 16.9. The average molecular weight is 317 g/mol. The Bertz CT molecular complexity index is 861. The Balaban J connectivity index is 2.19. The highest BCUT2D eigenvalue weighted by atomic mass is 16.1. The first-order chi connectivity index (χ1) is 11.8. The van der Waals surface area contributed by atoms with Crippen LogP contribution in [0.4, 0.5) is 17.2 Å². The van der Waals surface area contributed by atoms with E-state index in [2.05, 4.69) is 16.8 Å². The van der Waals surface area contributed by atoms with Crippen molar-refractivity contribution in [1.29, 1.82) is 0 Å². The molecule has 0 aliphatic carbocycles. The fourth-order valence-electron chi connectivity index (χ4n) is 2.85. The van der Waals surface area contributed by atoms with Gasteiger partial charge in [-0.25, -0.2) is 4.98 Å². The van der Waals surface area contributed by atoms with Crippen LogP contribution in [0, 0.1) is 0 Å². The van der Waals surface area contributed by atoms with E-state index in [4.69, 9.17) is 5.73 Å². The van der Waals surface area contributed by atoms with Gasteiger partial charge in [0, 0.05) is 23.9 Å². The molecule has 0 unspecified atom stereocenters. The van der Waals surface area contributed by atoms with Crippen LogP contribution in [0.1, 0.15) is 17.3 Å². The average Bonchev–Trinajstić information content (AvgIpc) is 2.64. The van der Waals surface area contributed by atoms with Gasteiger partial charge in [-0.05, 0) is 30.7 Å². The molecule has 4 heteroatoms. The Morgan fingerprint density at radius 3 is 2.42 bits per heavy atom. The second-order valence-electron chi connectivity index (χ2n) is 5.38. The lowest BCUT2D eigenvalue weighted by molar-refractivity contribution is 0.112. The van der Waals surface area contributed by atoms with Crippen molar-refractivity contribution in [3.05, 3.63) is 72.4 Å². The number of nitrogen functional groups attached to an aromatic ring is 1. The molecule has 0 amide bonds. The molecule has 0 bridgehead atoms. The van der Waals surface area contributed by atoms with Gasteiger partial charge in [0.25, 0.3) is 0 Å². The summed E-state index contributed by atoms with van der Waals surface area (Å²) in [6, 6.07) is 19.2. The maximum absolute atomic E-state index is 11.4. The smallest absolute Gasteiger partial charge is 0.156 e. The minimum absolute atomic E-state index is 0.623. The Morgan fingerprint density at radius 2 is 1.71 bits per heavy atom. The topological polar surface area (TPSA) is 59.2 Å². The number of pyridine rings is 1. The van der Waals surface area contributed by atoms with Gasteiger partial charge in [0.2, 0.25) is 0 Å². The summed E-state index contributed by atoms with van der Waals surface area (Å²) in [5, 5.41) is 0. The van der Waals surface area contributed by atoms with E-state index < -0.39 is 0 Å². The molecule has 1 heterocycles. The number of carbonyl (C=O) groups is 1. The lowest BCUT2D eigenvalue weighted by Crippen LogP contribution is -2.19. The summed E-state index contributed by atoms with van der Waals surface area (Å²) in [5.74, 6) is 0.719. The van der Waals surface area contributed by atoms with E-state index in [0.29, 0.717) is 17.8 Å². The molecule has 0 fully saturated rings. The predicted octanol–water partition coefficient (Wildman–Crippen LogP) is 4.30. The van der Waals surface area contributed by atoms with Crippen molar-refractivity contribution in [2.45, 2.75) is 6.92 Å². The standard InChI is InChI=1S/C20H19N3O/c1-2-23(20-18(21)11-7-13-22-20)19-12-6-5-10-17(19)16-9-4-3-8-15(16)14-24/h3-14H,2,21H2,1H3. The Labute approximate surface area is 141 Å². The van der Waals surface area contributed by atoms with Crippen molar-refractivity contribution >= 4 is 23.5 Å². The van der Waals surface area contributed by atoms with Crippen LogP contribution in [-0.4, -0.2) is 17.8 Å². The lowest BCUT2D eigenvalue weighted by atomic mass is 9.98. The molecule has 0 radical (unpaired) electrons. The molecule has 0 saturated carbocycles. The molecule has 0 aliphatic heterocycles. The van der Waals surface area contributed by atoms with Crippen LogP contribution in [0.2, 0.25) is 0 Å². The normalized spacial score (nSPS) is 10.4. The van der Waals surface area contributed by atoms with E-state index in [-0.39, 0.29) is 0 Å². The number of para-hydroxylation sites is 1. The van der Waals surface area contributed by atoms with Gasteiger partial charge >= 0.3 is 0 Å². The number of nitrogens with two attached hydrogens (primary N) is 1. The first-order valence-electron chi connectivity index (χ1n) is 7.88. The number of rotatable bonds is 5. The van der Waals surface area contributed by atoms with Crippen LogP contribution >= 0.6 is 0 Å². The van der Waals surface area contributed by atoms with Gasteiger partial charge < -0.3 is 10.6 Å². The van der Waals surface area contributed by atoms with E-state index >= 15 is 0 Å². The first kappa shape index (κ1) is 15.7. The first-order valence-corrected chi connectivity index (χ1v) is 7.88. The number of benzene rings is 2. The van der Waals surface area contributed by atoms with Gasteiger partial charge in [-0.2, -0.15) is 0 Å². The minimum atomic E-state index is 0.623. The molecule has 0 aliphatic rings. The number of aromatic nitrogens is 1. The van der Waals surface area contributed by atoms with Gasteiger partial charge in [-0.15, -0.1) is 0 Å². The van der Waals surface area contributed by atoms with Crippen molar-refractivity contribution in [3.8, 4) is 11.1 Å². The van der Waals surface area contributed by atoms with Crippen LogP contribution in [0.25, 0.3) is 11.1 Å². The number of nitrogens with zero attached hydrogens (tertiary/aromatic N) is 2. The zero-order valence-corrected chi connectivity index (χ0v) is 13.5. The second-order valence-corrected chi connectivity index (χ2v) is 5.38. The number of hydrogen-bond donors (Lipinski definition) is 1. The number of carbonyl (C=O) groups excluding carboxylic acids is 1. The number of aldehydes is 1. The van der Waals surface area contributed by atoms with Crippen LogP contribution in [0.15, 0.2) is 66.9 Å². The minimum Gasteiger partial charge on any atom is -0.396 e. The maximum atomic E-state index is 11.4. The van der Waals surface area contributed by atoms with Gasteiger partial charge in [0.15, 0.2) is 12.1 Å². The van der Waals surface area contributed by atoms with E-state index in [1.165, 1.54) is 0 Å². The monoisotopic (exact) mass is 317 g/mol.